The van der Waals surface area contributed by atoms with Gasteiger partial charge < -0.3 is 49.8 Å². The number of carbonyl (C=O) groups excluding carboxylic acids is 4. The topological polar surface area (TPSA) is 207 Å². The lowest BCUT2D eigenvalue weighted by Crippen LogP contribution is -2.47. The highest BCUT2D eigenvalue weighted by atomic mass is 16.6. The maximum Gasteiger partial charge on any atom is 0.407 e. The van der Waals surface area contributed by atoms with Crippen molar-refractivity contribution in [3.63, 3.8) is 0 Å². The summed E-state index contributed by atoms with van der Waals surface area (Å²) in [5.41, 5.74) is 12.4. The predicted molar refractivity (Wildman–Crippen MR) is 238 cm³/mol. The molecule has 5 N–H and O–H groups in total. The summed E-state index contributed by atoms with van der Waals surface area (Å²) < 4.78 is 22.1. The lowest BCUT2D eigenvalue weighted by Gasteiger charge is -2.32. The van der Waals surface area contributed by atoms with Crippen molar-refractivity contribution in [3.05, 3.63) is 102 Å². The zero-order valence-corrected chi connectivity index (χ0v) is 36.4. The van der Waals surface area contributed by atoms with E-state index in [2.05, 4.69) is 45.6 Å². The first-order valence-corrected chi connectivity index (χ1v) is 21.7. The van der Waals surface area contributed by atoms with Gasteiger partial charge in [0.1, 0.15) is 30.0 Å². The van der Waals surface area contributed by atoms with Crippen LogP contribution in [-0.4, -0.2) is 93.3 Å². The molecule has 4 aromatic carbocycles. The standard InChI is InChI=1S/C48H52N8O8/c1-25(2)42(64-47(49)59)46(58)56-26(3)11-16-37(56)44-51-35-15-13-29-19-34-32-14-12-30(18-31(32)24-63-39(34)20-33(29)41(35)53-44)36-21-50-43(52-36)38-17-27(23-61-4)22-55(38)45(57)40(54-48(60)62-5)28-9-7-6-8-10-28/h6-10,12-15,18-21,25-27,37-38,40,42H,11,16-17,22-24H2,1-5H3,(H2,49,59)(H,50,52)(H,51,53)(H,54,60)/t26-,27-,37-,38-,40+,42-/m0/s1. The van der Waals surface area contributed by atoms with Crippen molar-refractivity contribution in [2.45, 2.75) is 76.9 Å². The van der Waals surface area contributed by atoms with Gasteiger partial charge in [-0.15, -0.1) is 0 Å². The Bertz CT molecular complexity index is 2750. The highest BCUT2D eigenvalue weighted by molar-refractivity contribution is 6.07. The van der Waals surface area contributed by atoms with Crippen LogP contribution in [0.5, 0.6) is 5.75 Å². The molecule has 2 saturated heterocycles. The van der Waals surface area contributed by atoms with E-state index >= 15 is 0 Å². The number of hydrogen-bond donors (Lipinski definition) is 4. The number of ether oxygens (including phenoxy) is 4. The number of methoxy groups -OCH3 is 2. The number of alkyl carbamates (subject to hydrolysis) is 1. The minimum absolute atomic E-state index is 0.0660. The molecule has 5 heterocycles. The van der Waals surface area contributed by atoms with Crippen LogP contribution in [0.4, 0.5) is 9.59 Å². The van der Waals surface area contributed by atoms with E-state index in [9.17, 15) is 19.2 Å². The summed E-state index contributed by atoms with van der Waals surface area (Å²) in [5, 5.41) is 4.65. The van der Waals surface area contributed by atoms with Crippen LogP contribution in [0.2, 0.25) is 0 Å². The maximum absolute atomic E-state index is 14.3. The molecular formula is C48H52N8O8. The molecule has 16 nitrogen and oxygen atoms in total. The number of amides is 4. The van der Waals surface area contributed by atoms with Crippen LogP contribution in [0, 0.1) is 11.8 Å². The number of aromatic nitrogens is 4. The molecule has 3 aliphatic heterocycles. The van der Waals surface area contributed by atoms with Crippen LogP contribution < -0.4 is 15.8 Å². The zero-order chi connectivity index (χ0) is 44.8. The number of primary amides is 1. The van der Waals surface area contributed by atoms with Gasteiger partial charge in [-0.25, -0.2) is 19.6 Å². The van der Waals surface area contributed by atoms with Crippen molar-refractivity contribution in [3.8, 4) is 28.1 Å². The van der Waals surface area contributed by atoms with Gasteiger partial charge in [-0.3, -0.25) is 9.59 Å². The fraction of sp³-hybridized carbons (Fsp3) is 0.375. The van der Waals surface area contributed by atoms with Crippen LogP contribution in [-0.2, 0) is 30.4 Å². The van der Waals surface area contributed by atoms with Gasteiger partial charge in [0.05, 0.1) is 48.7 Å². The molecule has 4 amide bonds. The third-order valence-corrected chi connectivity index (χ3v) is 12.8. The minimum atomic E-state index is -0.988. The predicted octanol–water partition coefficient (Wildman–Crippen LogP) is 7.47. The van der Waals surface area contributed by atoms with E-state index in [1.807, 2.05) is 63.2 Å². The number of nitrogens with one attached hydrogen (secondary N) is 3. The molecule has 64 heavy (non-hydrogen) atoms. The number of H-pyrrole nitrogens is 2. The lowest BCUT2D eigenvalue weighted by molar-refractivity contribution is -0.145. The molecule has 9 rings (SSSR count). The van der Waals surface area contributed by atoms with Crippen LogP contribution >= 0.6 is 0 Å². The minimum Gasteiger partial charge on any atom is -0.488 e. The normalized spacial score (nSPS) is 20.2. The molecule has 2 fully saturated rings. The number of imidazole rings is 2. The van der Waals surface area contributed by atoms with Crippen molar-refractivity contribution >= 4 is 45.8 Å². The van der Waals surface area contributed by atoms with Crippen molar-refractivity contribution < 1.29 is 38.1 Å². The molecule has 2 aromatic heterocycles. The monoisotopic (exact) mass is 868 g/mol. The molecule has 0 radical (unpaired) electrons. The van der Waals surface area contributed by atoms with Crippen molar-refractivity contribution in [2.75, 3.05) is 27.4 Å². The SMILES string of the molecule is COC[C@H]1C[C@@H](c2ncc(-c3ccc4c(c3)COc3cc5c(ccc6[nH]c([C@@H]7CC[C@H](C)N7C(=O)[C@@H](OC(N)=O)C(C)C)nc65)cc3-4)[nH]2)N(C(=O)[C@H](NC(=O)OC)c2ccccc2)C1. The van der Waals surface area contributed by atoms with Crippen LogP contribution in [0.25, 0.3) is 44.2 Å². The summed E-state index contributed by atoms with van der Waals surface area (Å²) in [6.07, 6.45) is 1.25. The number of benzene rings is 4. The number of hydrogen-bond acceptors (Lipinski definition) is 10. The number of rotatable bonds is 11. The smallest absolute Gasteiger partial charge is 0.407 e. The van der Waals surface area contributed by atoms with Crippen LogP contribution in [0.3, 0.4) is 0 Å². The quantitative estimate of drug-likeness (QED) is 0.101. The maximum atomic E-state index is 14.3. The summed E-state index contributed by atoms with van der Waals surface area (Å²) in [7, 11) is 2.92. The van der Waals surface area contributed by atoms with E-state index in [1.165, 1.54) is 7.11 Å². The third kappa shape index (κ3) is 7.86. The number of nitrogens with two attached hydrogens (primary N) is 1. The van der Waals surface area contributed by atoms with E-state index in [-0.39, 0.29) is 41.8 Å². The van der Waals surface area contributed by atoms with Gasteiger partial charge >= 0.3 is 12.2 Å². The first kappa shape index (κ1) is 42.4. The summed E-state index contributed by atoms with van der Waals surface area (Å²) in [6.45, 7) is 6.92. The van der Waals surface area contributed by atoms with E-state index < -0.39 is 24.3 Å². The Balaban J connectivity index is 0.978. The molecule has 0 unspecified atom stereocenters. The average molecular weight is 869 g/mol. The second-order valence-electron chi connectivity index (χ2n) is 17.3. The number of aromatic amines is 2. The summed E-state index contributed by atoms with van der Waals surface area (Å²) in [5.74, 6) is 1.33. The van der Waals surface area contributed by atoms with Crippen molar-refractivity contribution in [1.29, 1.82) is 0 Å². The molecule has 3 aliphatic rings. The van der Waals surface area contributed by atoms with E-state index in [1.54, 1.807) is 23.1 Å². The van der Waals surface area contributed by atoms with Crippen molar-refractivity contribution in [2.24, 2.45) is 17.6 Å². The first-order valence-electron chi connectivity index (χ1n) is 21.7. The molecule has 0 bridgehead atoms. The average Bonchev–Trinajstić information content (AvgIpc) is 4.12. The molecule has 0 aliphatic carbocycles. The van der Waals surface area contributed by atoms with Crippen LogP contribution in [0.1, 0.15) is 80.9 Å². The summed E-state index contributed by atoms with van der Waals surface area (Å²) in [4.78, 5) is 72.7. The molecule has 332 valence electrons. The molecule has 6 aromatic rings. The van der Waals surface area contributed by atoms with Gasteiger partial charge in [0.25, 0.3) is 11.8 Å². The summed E-state index contributed by atoms with van der Waals surface area (Å²) in [6, 6.07) is 21.9. The van der Waals surface area contributed by atoms with Gasteiger partial charge in [0, 0.05) is 36.6 Å². The van der Waals surface area contributed by atoms with E-state index in [4.69, 9.17) is 34.6 Å². The Morgan fingerprint density at radius 3 is 2.50 bits per heavy atom. The Labute approximate surface area is 369 Å². The fourth-order valence-corrected chi connectivity index (χ4v) is 9.71. The van der Waals surface area contributed by atoms with Crippen LogP contribution in [0.15, 0.2) is 79.0 Å². The Hall–Kier alpha value is -6.94. The second-order valence-corrected chi connectivity index (χ2v) is 17.3. The van der Waals surface area contributed by atoms with Gasteiger partial charge in [-0.05, 0) is 84.0 Å². The molecule has 0 spiro atoms. The Morgan fingerprint density at radius 2 is 1.75 bits per heavy atom. The largest absolute Gasteiger partial charge is 0.488 e. The second kappa shape index (κ2) is 17.3. The summed E-state index contributed by atoms with van der Waals surface area (Å²) >= 11 is 0. The Kier molecular flexibility index (Phi) is 11.5. The van der Waals surface area contributed by atoms with Gasteiger partial charge in [-0.1, -0.05) is 62.4 Å². The number of likely N-dealkylation sites (tertiary alicyclic amines) is 2. The fourth-order valence-electron chi connectivity index (χ4n) is 9.71. The van der Waals surface area contributed by atoms with E-state index in [0.29, 0.717) is 49.8 Å². The lowest BCUT2D eigenvalue weighted by atomic mass is 9.92. The van der Waals surface area contributed by atoms with Gasteiger partial charge in [0.15, 0.2) is 6.10 Å². The first-order chi connectivity index (χ1) is 30.9. The van der Waals surface area contributed by atoms with E-state index in [0.717, 1.165) is 61.9 Å². The highest BCUT2D eigenvalue weighted by Crippen LogP contribution is 2.44. The molecule has 6 atom stereocenters. The Morgan fingerprint density at radius 1 is 0.938 bits per heavy atom. The molecule has 0 saturated carbocycles. The number of carbonyl (C=O) groups is 4. The van der Waals surface area contributed by atoms with Gasteiger partial charge in [-0.2, -0.15) is 0 Å². The zero-order valence-electron chi connectivity index (χ0n) is 36.4. The number of fused-ring (bicyclic) bond motifs is 6. The number of nitrogens with zero attached hydrogens (tertiary/aromatic N) is 4. The molecular weight excluding hydrogens is 817 g/mol. The molecule has 16 heteroatoms. The van der Waals surface area contributed by atoms with Gasteiger partial charge in [0.2, 0.25) is 0 Å². The highest BCUT2D eigenvalue weighted by Gasteiger charge is 2.43. The van der Waals surface area contributed by atoms with Crippen molar-refractivity contribution in [1.82, 2.24) is 35.1 Å². The third-order valence-electron chi connectivity index (χ3n) is 12.8.